The van der Waals surface area contributed by atoms with Crippen LogP contribution in [0, 0.1) is 0 Å². The molecule has 0 aromatic heterocycles. The third-order valence-corrected chi connectivity index (χ3v) is 3.60. The van der Waals surface area contributed by atoms with E-state index in [4.69, 9.17) is 5.73 Å². The summed E-state index contributed by atoms with van der Waals surface area (Å²) < 4.78 is 38.3. The van der Waals surface area contributed by atoms with Crippen molar-refractivity contribution in [1.82, 2.24) is 0 Å². The van der Waals surface area contributed by atoms with Crippen LogP contribution in [0.2, 0.25) is 0 Å². The van der Waals surface area contributed by atoms with Gasteiger partial charge in [-0.15, -0.1) is 0 Å². The van der Waals surface area contributed by atoms with Gasteiger partial charge in [0.15, 0.2) is 0 Å². The molecule has 1 aliphatic carbocycles. The molecule has 94 valence electrons. The maximum atomic E-state index is 12.8. The lowest BCUT2D eigenvalue weighted by atomic mass is 9.96. The van der Waals surface area contributed by atoms with Gasteiger partial charge in [0.25, 0.3) is 0 Å². The molecule has 3 rings (SSSR count). The Kier molecular flexibility index (Phi) is 2.38. The molecule has 18 heavy (non-hydrogen) atoms. The van der Waals surface area contributed by atoms with Gasteiger partial charge in [-0.1, -0.05) is 30.3 Å². The molecule has 0 radical (unpaired) electrons. The van der Waals surface area contributed by atoms with Gasteiger partial charge in [-0.2, -0.15) is 13.2 Å². The third-order valence-electron chi connectivity index (χ3n) is 3.60. The summed E-state index contributed by atoms with van der Waals surface area (Å²) in [7, 11) is 0. The highest BCUT2D eigenvalue weighted by Crippen LogP contribution is 2.38. The first-order valence-electron chi connectivity index (χ1n) is 5.84. The van der Waals surface area contributed by atoms with E-state index in [9.17, 15) is 13.2 Å². The van der Waals surface area contributed by atoms with Crippen LogP contribution in [0.4, 0.5) is 13.2 Å². The first-order valence-corrected chi connectivity index (χ1v) is 5.84. The molecule has 0 saturated heterocycles. The molecule has 0 amide bonds. The van der Waals surface area contributed by atoms with Crippen LogP contribution in [0.25, 0.3) is 10.8 Å². The molecule has 0 fully saturated rings. The van der Waals surface area contributed by atoms with Crippen molar-refractivity contribution in [3.8, 4) is 0 Å². The van der Waals surface area contributed by atoms with Crippen LogP contribution in [-0.4, -0.2) is 6.18 Å². The summed E-state index contributed by atoms with van der Waals surface area (Å²) >= 11 is 0. The van der Waals surface area contributed by atoms with E-state index in [1.54, 1.807) is 18.2 Å². The molecule has 0 heterocycles. The zero-order chi connectivity index (χ0) is 12.9. The Bertz CT molecular complexity index is 606. The van der Waals surface area contributed by atoms with Gasteiger partial charge in [0.1, 0.15) is 6.04 Å². The molecular formula is C14H12F3N. The molecule has 0 spiro atoms. The molecule has 2 aromatic rings. The summed E-state index contributed by atoms with van der Waals surface area (Å²) in [5.74, 6) is 0. The van der Waals surface area contributed by atoms with Gasteiger partial charge in [-0.3, -0.25) is 0 Å². The number of aryl methyl sites for hydroxylation is 2. The molecular weight excluding hydrogens is 239 g/mol. The van der Waals surface area contributed by atoms with E-state index in [1.807, 2.05) is 6.07 Å². The van der Waals surface area contributed by atoms with Crippen molar-refractivity contribution in [3.05, 3.63) is 47.0 Å². The number of benzene rings is 2. The summed E-state index contributed by atoms with van der Waals surface area (Å²) in [6.07, 6.45) is -2.60. The minimum Gasteiger partial charge on any atom is -0.316 e. The van der Waals surface area contributed by atoms with Crippen LogP contribution in [-0.2, 0) is 12.8 Å². The average molecular weight is 251 g/mol. The molecule has 1 nitrogen and oxygen atoms in total. The number of hydrogen-bond donors (Lipinski definition) is 1. The molecule has 1 aliphatic rings. The zero-order valence-electron chi connectivity index (χ0n) is 9.59. The third kappa shape index (κ3) is 1.60. The average Bonchev–Trinajstić information content (AvgIpc) is 2.73. The Morgan fingerprint density at radius 1 is 1.00 bits per heavy atom. The Morgan fingerprint density at radius 2 is 1.67 bits per heavy atom. The quantitative estimate of drug-likeness (QED) is 0.824. The van der Waals surface area contributed by atoms with Gasteiger partial charge < -0.3 is 5.73 Å². The van der Waals surface area contributed by atoms with Gasteiger partial charge >= 0.3 is 6.18 Å². The first kappa shape index (κ1) is 11.5. The molecule has 0 aliphatic heterocycles. The summed E-state index contributed by atoms with van der Waals surface area (Å²) in [5.41, 5.74) is 7.75. The molecule has 0 bridgehead atoms. The second-order valence-corrected chi connectivity index (χ2v) is 4.67. The fourth-order valence-corrected chi connectivity index (χ4v) is 2.72. The van der Waals surface area contributed by atoms with Gasteiger partial charge in [-0.05, 0) is 40.3 Å². The van der Waals surface area contributed by atoms with Gasteiger partial charge in [-0.25, -0.2) is 0 Å². The summed E-state index contributed by atoms with van der Waals surface area (Å²) in [4.78, 5) is 0. The van der Waals surface area contributed by atoms with Crippen LogP contribution in [0.15, 0.2) is 30.3 Å². The molecule has 2 N–H and O–H groups in total. The molecule has 0 saturated carbocycles. The molecule has 2 aromatic carbocycles. The van der Waals surface area contributed by atoms with E-state index in [-0.39, 0.29) is 5.56 Å². The fourth-order valence-electron chi connectivity index (χ4n) is 2.72. The highest BCUT2D eigenvalue weighted by atomic mass is 19.4. The lowest BCUT2D eigenvalue weighted by Crippen LogP contribution is -2.28. The van der Waals surface area contributed by atoms with Crippen molar-refractivity contribution in [2.24, 2.45) is 5.73 Å². The van der Waals surface area contributed by atoms with Crippen molar-refractivity contribution in [2.45, 2.75) is 25.1 Å². The fraction of sp³-hybridized carbons (Fsp3) is 0.286. The minimum absolute atomic E-state index is 0.171. The van der Waals surface area contributed by atoms with Gasteiger partial charge in [0.05, 0.1) is 0 Å². The highest BCUT2D eigenvalue weighted by molar-refractivity contribution is 5.93. The van der Waals surface area contributed by atoms with Crippen molar-refractivity contribution >= 4 is 10.8 Å². The number of halogens is 3. The Hall–Kier alpha value is -1.55. The van der Waals surface area contributed by atoms with Crippen LogP contribution in [0.5, 0.6) is 0 Å². The number of hydrogen-bond acceptors (Lipinski definition) is 1. The van der Waals surface area contributed by atoms with E-state index >= 15 is 0 Å². The summed E-state index contributed by atoms with van der Waals surface area (Å²) in [6.45, 7) is 0. The SMILES string of the molecule is N[C@H](c1ccc2c3c(cccc13)CC2)C(F)(F)F. The second-order valence-electron chi connectivity index (χ2n) is 4.67. The lowest BCUT2D eigenvalue weighted by Gasteiger charge is -2.18. The largest absolute Gasteiger partial charge is 0.407 e. The Morgan fingerprint density at radius 3 is 2.33 bits per heavy atom. The van der Waals surface area contributed by atoms with E-state index < -0.39 is 12.2 Å². The normalized spacial score (nSPS) is 16.2. The maximum Gasteiger partial charge on any atom is 0.407 e. The number of nitrogens with two attached hydrogens (primary N) is 1. The molecule has 0 unspecified atom stereocenters. The molecule has 4 heteroatoms. The van der Waals surface area contributed by atoms with E-state index in [0.717, 1.165) is 29.4 Å². The van der Waals surface area contributed by atoms with Crippen LogP contribution < -0.4 is 5.73 Å². The molecule has 1 atom stereocenters. The van der Waals surface area contributed by atoms with Crippen molar-refractivity contribution in [2.75, 3.05) is 0 Å². The first-order chi connectivity index (χ1) is 8.48. The predicted octanol–water partition coefficient (Wildman–Crippen LogP) is 3.50. The monoisotopic (exact) mass is 251 g/mol. The predicted molar refractivity (Wildman–Crippen MR) is 64.3 cm³/mol. The smallest absolute Gasteiger partial charge is 0.316 e. The van der Waals surface area contributed by atoms with E-state index in [1.165, 1.54) is 6.07 Å². The minimum atomic E-state index is -4.40. The van der Waals surface area contributed by atoms with Gasteiger partial charge in [0, 0.05) is 0 Å². The van der Waals surface area contributed by atoms with Crippen LogP contribution >= 0.6 is 0 Å². The topological polar surface area (TPSA) is 26.0 Å². The standard InChI is InChI=1S/C14H12F3N/c15-14(16,17)13(18)11-7-6-9-5-4-8-2-1-3-10(11)12(8)9/h1-3,6-7,13H,4-5,18H2/t13-/m1/s1. The van der Waals surface area contributed by atoms with Gasteiger partial charge in [0.2, 0.25) is 0 Å². The van der Waals surface area contributed by atoms with Crippen molar-refractivity contribution < 1.29 is 13.2 Å². The zero-order valence-corrected chi connectivity index (χ0v) is 9.59. The number of rotatable bonds is 1. The summed E-state index contributed by atoms with van der Waals surface area (Å²) in [6, 6.07) is 6.89. The maximum absolute atomic E-state index is 12.8. The second kappa shape index (κ2) is 3.72. The lowest BCUT2D eigenvalue weighted by molar-refractivity contribution is -0.148. The van der Waals surface area contributed by atoms with E-state index in [2.05, 4.69) is 0 Å². The van der Waals surface area contributed by atoms with Crippen molar-refractivity contribution in [3.63, 3.8) is 0 Å². The van der Waals surface area contributed by atoms with Crippen molar-refractivity contribution in [1.29, 1.82) is 0 Å². The Labute approximate surface area is 102 Å². The van der Waals surface area contributed by atoms with Crippen LogP contribution in [0.3, 0.4) is 0 Å². The summed E-state index contributed by atoms with van der Waals surface area (Å²) in [5, 5.41) is 1.61. The van der Waals surface area contributed by atoms with Crippen LogP contribution in [0.1, 0.15) is 22.7 Å². The highest BCUT2D eigenvalue weighted by Gasteiger charge is 2.39. The van der Waals surface area contributed by atoms with E-state index in [0.29, 0.717) is 5.39 Å². The number of alkyl halides is 3. The Balaban J connectivity index is 2.27.